The molecule has 4 heteroatoms. The third-order valence-electron chi connectivity index (χ3n) is 3.64. The van der Waals surface area contributed by atoms with Gasteiger partial charge >= 0.3 is 0 Å². The van der Waals surface area contributed by atoms with Crippen LogP contribution in [0.4, 0.5) is 0 Å². The molecular formula is C15H22BrClNO+. The molecule has 0 heterocycles. The van der Waals surface area contributed by atoms with E-state index in [0.717, 1.165) is 41.4 Å². The van der Waals surface area contributed by atoms with E-state index < -0.39 is 0 Å². The number of hydrogen-bond acceptors (Lipinski definition) is 1. The van der Waals surface area contributed by atoms with Gasteiger partial charge in [-0.25, -0.2) is 0 Å². The first kappa shape index (κ1) is 15.1. The molecule has 2 N–H and O–H groups in total. The van der Waals surface area contributed by atoms with Crippen LogP contribution in [-0.2, 0) is 0 Å². The first-order valence-corrected chi connectivity index (χ1v) is 8.25. The molecule has 0 atom stereocenters. The number of aryl methyl sites for hydroxylation is 1. The molecule has 19 heavy (non-hydrogen) atoms. The molecule has 1 aliphatic carbocycles. The van der Waals surface area contributed by atoms with E-state index in [1.165, 1.54) is 25.7 Å². The number of nitrogens with two attached hydrogens (primary N) is 1. The Morgan fingerprint density at radius 3 is 2.79 bits per heavy atom. The summed E-state index contributed by atoms with van der Waals surface area (Å²) in [6.07, 6.45) is 6.65. The Hall–Kier alpha value is -0.250. The van der Waals surface area contributed by atoms with Gasteiger partial charge in [0, 0.05) is 6.42 Å². The van der Waals surface area contributed by atoms with Crippen molar-refractivity contribution in [3.63, 3.8) is 0 Å². The second kappa shape index (κ2) is 7.51. The fraction of sp³-hybridized carbons (Fsp3) is 0.600. The Bertz CT molecular complexity index is 396. The van der Waals surface area contributed by atoms with Crippen molar-refractivity contribution in [3.05, 3.63) is 27.2 Å². The van der Waals surface area contributed by atoms with Crippen LogP contribution in [0.15, 0.2) is 16.6 Å². The number of hydrogen-bond donors (Lipinski definition) is 1. The van der Waals surface area contributed by atoms with Gasteiger partial charge in [0.1, 0.15) is 0 Å². The number of benzene rings is 1. The SMILES string of the molecule is Cc1cc(Cl)c(OCCC[NH2+]C2CCCC2)c(Br)c1. The van der Waals surface area contributed by atoms with Crippen LogP contribution in [0, 0.1) is 6.92 Å². The van der Waals surface area contributed by atoms with E-state index in [-0.39, 0.29) is 0 Å². The topological polar surface area (TPSA) is 25.8 Å². The molecule has 2 nitrogen and oxygen atoms in total. The van der Waals surface area contributed by atoms with Gasteiger partial charge in [-0.3, -0.25) is 0 Å². The van der Waals surface area contributed by atoms with Crippen LogP contribution in [0.25, 0.3) is 0 Å². The van der Waals surface area contributed by atoms with E-state index >= 15 is 0 Å². The van der Waals surface area contributed by atoms with Crippen LogP contribution in [0.3, 0.4) is 0 Å². The average Bonchev–Trinajstić information content (AvgIpc) is 2.84. The first-order chi connectivity index (χ1) is 9.16. The molecule has 0 bridgehead atoms. The molecular weight excluding hydrogens is 326 g/mol. The van der Waals surface area contributed by atoms with Gasteiger partial charge in [-0.15, -0.1) is 0 Å². The molecule has 0 spiro atoms. The van der Waals surface area contributed by atoms with E-state index in [2.05, 4.69) is 21.2 Å². The van der Waals surface area contributed by atoms with Crippen LogP contribution < -0.4 is 10.1 Å². The highest BCUT2D eigenvalue weighted by atomic mass is 79.9. The molecule has 0 saturated heterocycles. The second-order valence-electron chi connectivity index (χ2n) is 5.33. The highest BCUT2D eigenvalue weighted by molar-refractivity contribution is 9.10. The monoisotopic (exact) mass is 346 g/mol. The summed E-state index contributed by atoms with van der Waals surface area (Å²) in [4.78, 5) is 0. The van der Waals surface area contributed by atoms with Crippen LogP contribution in [-0.4, -0.2) is 19.2 Å². The van der Waals surface area contributed by atoms with Crippen molar-refractivity contribution >= 4 is 27.5 Å². The zero-order chi connectivity index (χ0) is 13.7. The lowest BCUT2D eigenvalue weighted by Crippen LogP contribution is -2.89. The van der Waals surface area contributed by atoms with Gasteiger partial charge in [0.15, 0.2) is 5.75 Å². The standard InChI is InChI=1S/C15H21BrClNO/c1-11-9-13(16)15(14(17)10-11)19-8-4-7-18-12-5-2-3-6-12/h9-10,12,18H,2-8H2,1H3/p+1. The zero-order valence-corrected chi connectivity index (χ0v) is 13.8. The van der Waals surface area contributed by atoms with Gasteiger partial charge in [-0.1, -0.05) is 11.6 Å². The van der Waals surface area contributed by atoms with Crippen molar-refractivity contribution in [1.82, 2.24) is 0 Å². The first-order valence-electron chi connectivity index (χ1n) is 7.08. The Balaban J connectivity index is 1.70. The lowest BCUT2D eigenvalue weighted by molar-refractivity contribution is -0.688. The maximum atomic E-state index is 6.19. The Labute approximate surface area is 129 Å². The van der Waals surface area contributed by atoms with Crippen molar-refractivity contribution in [2.24, 2.45) is 0 Å². The Morgan fingerprint density at radius 2 is 2.11 bits per heavy atom. The minimum Gasteiger partial charge on any atom is -0.491 e. The van der Waals surface area contributed by atoms with E-state index in [1.54, 1.807) is 0 Å². The lowest BCUT2D eigenvalue weighted by Gasteiger charge is -2.12. The average molecular weight is 348 g/mol. The molecule has 2 rings (SSSR count). The number of ether oxygens (including phenoxy) is 1. The highest BCUT2D eigenvalue weighted by Crippen LogP contribution is 2.34. The summed E-state index contributed by atoms with van der Waals surface area (Å²) in [6, 6.07) is 4.83. The zero-order valence-electron chi connectivity index (χ0n) is 11.4. The molecule has 0 unspecified atom stereocenters. The van der Waals surface area contributed by atoms with Gasteiger partial charge in [0.2, 0.25) is 0 Å². The maximum Gasteiger partial charge on any atom is 0.152 e. The summed E-state index contributed by atoms with van der Waals surface area (Å²) in [5, 5.41) is 3.16. The van der Waals surface area contributed by atoms with E-state index in [1.807, 2.05) is 19.1 Å². The van der Waals surface area contributed by atoms with Crippen molar-refractivity contribution in [2.45, 2.75) is 45.1 Å². The summed E-state index contributed by atoms with van der Waals surface area (Å²) in [5.74, 6) is 0.771. The van der Waals surface area contributed by atoms with Gasteiger partial charge in [0.25, 0.3) is 0 Å². The minimum atomic E-state index is 0.687. The number of quaternary nitrogens is 1. The summed E-state index contributed by atoms with van der Waals surface area (Å²) in [7, 11) is 0. The third kappa shape index (κ3) is 4.66. The van der Waals surface area contributed by atoms with Gasteiger partial charge in [-0.05, 0) is 66.2 Å². The molecule has 0 aromatic heterocycles. The molecule has 1 saturated carbocycles. The summed E-state index contributed by atoms with van der Waals surface area (Å²) >= 11 is 9.69. The smallest absolute Gasteiger partial charge is 0.152 e. The molecule has 1 aromatic carbocycles. The van der Waals surface area contributed by atoms with Crippen molar-refractivity contribution < 1.29 is 10.1 Å². The van der Waals surface area contributed by atoms with Gasteiger partial charge in [-0.2, -0.15) is 0 Å². The van der Waals surface area contributed by atoms with Crippen LogP contribution in [0.2, 0.25) is 5.02 Å². The second-order valence-corrected chi connectivity index (χ2v) is 6.59. The Morgan fingerprint density at radius 1 is 1.37 bits per heavy atom. The van der Waals surface area contributed by atoms with E-state index in [9.17, 15) is 0 Å². The molecule has 1 aliphatic rings. The number of rotatable bonds is 6. The fourth-order valence-electron chi connectivity index (χ4n) is 2.63. The van der Waals surface area contributed by atoms with Crippen molar-refractivity contribution in [3.8, 4) is 5.75 Å². The van der Waals surface area contributed by atoms with Crippen molar-refractivity contribution in [2.75, 3.05) is 13.2 Å². The summed E-state index contributed by atoms with van der Waals surface area (Å²) in [5.41, 5.74) is 1.14. The predicted octanol–water partition coefficient (Wildman–Crippen LogP) is 3.69. The minimum absolute atomic E-state index is 0.687. The van der Waals surface area contributed by atoms with Gasteiger partial charge < -0.3 is 10.1 Å². The van der Waals surface area contributed by atoms with Crippen LogP contribution >= 0.6 is 27.5 Å². The largest absolute Gasteiger partial charge is 0.491 e. The molecule has 0 aliphatic heterocycles. The maximum absolute atomic E-state index is 6.19. The Kier molecular flexibility index (Phi) is 5.99. The normalized spacial score (nSPS) is 15.9. The molecule has 1 fully saturated rings. The third-order valence-corrected chi connectivity index (χ3v) is 4.51. The molecule has 106 valence electrons. The molecule has 0 amide bonds. The van der Waals surface area contributed by atoms with Gasteiger partial charge in [0.05, 0.1) is 28.7 Å². The van der Waals surface area contributed by atoms with E-state index in [0.29, 0.717) is 5.02 Å². The van der Waals surface area contributed by atoms with Crippen molar-refractivity contribution in [1.29, 1.82) is 0 Å². The highest BCUT2D eigenvalue weighted by Gasteiger charge is 2.16. The quantitative estimate of drug-likeness (QED) is 0.780. The predicted molar refractivity (Wildman–Crippen MR) is 83.0 cm³/mol. The van der Waals surface area contributed by atoms with Crippen LogP contribution in [0.1, 0.15) is 37.7 Å². The summed E-state index contributed by atoms with van der Waals surface area (Å²) in [6.45, 7) is 3.90. The fourth-order valence-corrected chi connectivity index (χ4v) is 3.76. The van der Waals surface area contributed by atoms with Crippen LogP contribution in [0.5, 0.6) is 5.75 Å². The lowest BCUT2D eigenvalue weighted by atomic mass is 10.2. The summed E-state index contributed by atoms with van der Waals surface area (Å²) < 4.78 is 6.73. The van der Waals surface area contributed by atoms with E-state index in [4.69, 9.17) is 16.3 Å². The molecule has 0 radical (unpaired) electrons. The molecule has 1 aromatic rings. The number of halogens is 2.